The van der Waals surface area contributed by atoms with Crippen molar-refractivity contribution in [3.8, 4) is 28.6 Å². The number of carbonyl (C=O) groups excluding carboxylic acids is 1. The highest BCUT2D eigenvalue weighted by atomic mass is 35.5. The monoisotopic (exact) mass is 493 g/mol. The molecule has 34 heavy (non-hydrogen) atoms. The van der Waals surface area contributed by atoms with Gasteiger partial charge in [-0.1, -0.05) is 53.7 Å². The number of phenols is 1. The van der Waals surface area contributed by atoms with Crippen LogP contribution in [-0.4, -0.2) is 44.9 Å². The van der Waals surface area contributed by atoms with Crippen molar-refractivity contribution >= 4 is 35.5 Å². The first-order valence-electron chi connectivity index (χ1n) is 10.1. The molecular formula is C24H20ClN5O3S. The molecule has 8 nitrogen and oxygen atoms in total. The van der Waals surface area contributed by atoms with Crippen LogP contribution in [0.2, 0.25) is 5.02 Å². The van der Waals surface area contributed by atoms with Crippen molar-refractivity contribution in [1.29, 1.82) is 0 Å². The molecule has 0 fully saturated rings. The summed E-state index contributed by atoms with van der Waals surface area (Å²) >= 11 is 7.30. The Morgan fingerprint density at radius 1 is 1.15 bits per heavy atom. The van der Waals surface area contributed by atoms with Crippen LogP contribution in [0.1, 0.15) is 5.56 Å². The number of aromatic hydroxyl groups is 1. The molecule has 0 spiro atoms. The van der Waals surface area contributed by atoms with Gasteiger partial charge in [0.1, 0.15) is 0 Å². The van der Waals surface area contributed by atoms with Crippen LogP contribution in [0.5, 0.6) is 11.5 Å². The van der Waals surface area contributed by atoms with Gasteiger partial charge in [-0.2, -0.15) is 5.10 Å². The van der Waals surface area contributed by atoms with E-state index in [9.17, 15) is 9.90 Å². The third kappa shape index (κ3) is 5.56. The first kappa shape index (κ1) is 23.3. The number of hydrazone groups is 1. The number of thioether (sulfide) groups is 1. The van der Waals surface area contributed by atoms with Gasteiger partial charge in [0, 0.05) is 16.3 Å². The van der Waals surface area contributed by atoms with E-state index in [1.165, 1.54) is 31.2 Å². The molecule has 1 amide bonds. The summed E-state index contributed by atoms with van der Waals surface area (Å²) in [4.78, 5) is 12.4. The highest BCUT2D eigenvalue weighted by Gasteiger charge is 2.17. The third-order valence-electron chi connectivity index (χ3n) is 4.69. The van der Waals surface area contributed by atoms with Crippen LogP contribution in [0, 0.1) is 0 Å². The number of aromatic nitrogens is 3. The van der Waals surface area contributed by atoms with E-state index >= 15 is 0 Å². The number of amides is 1. The van der Waals surface area contributed by atoms with Gasteiger partial charge in [0.2, 0.25) is 0 Å². The summed E-state index contributed by atoms with van der Waals surface area (Å²) in [6, 6.07) is 21.8. The summed E-state index contributed by atoms with van der Waals surface area (Å²) in [5.74, 6) is 0.780. The second kappa shape index (κ2) is 10.9. The van der Waals surface area contributed by atoms with Crippen molar-refractivity contribution in [3.05, 3.63) is 83.4 Å². The van der Waals surface area contributed by atoms with E-state index in [0.717, 1.165) is 11.3 Å². The lowest BCUT2D eigenvalue weighted by molar-refractivity contribution is -0.118. The van der Waals surface area contributed by atoms with E-state index in [-0.39, 0.29) is 17.4 Å². The Hall–Kier alpha value is -3.82. The second-order valence-corrected chi connectivity index (χ2v) is 8.38. The van der Waals surface area contributed by atoms with Gasteiger partial charge in [-0.25, -0.2) is 5.43 Å². The zero-order valence-corrected chi connectivity index (χ0v) is 19.6. The molecule has 172 valence electrons. The van der Waals surface area contributed by atoms with Crippen LogP contribution < -0.4 is 10.2 Å². The van der Waals surface area contributed by atoms with E-state index < -0.39 is 0 Å². The van der Waals surface area contributed by atoms with Gasteiger partial charge in [0.05, 0.1) is 19.1 Å². The highest BCUT2D eigenvalue weighted by Crippen LogP contribution is 2.28. The number of carbonyl (C=O) groups is 1. The van der Waals surface area contributed by atoms with Gasteiger partial charge >= 0.3 is 0 Å². The fourth-order valence-electron chi connectivity index (χ4n) is 3.08. The van der Waals surface area contributed by atoms with E-state index in [2.05, 4.69) is 20.7 Å². The number of phenolic OH excluding ortho intramolecular Hbond substituents is 1. The molecule has 0 unspecified atom stereocenters. The number of ether oxygens (including phenoxy) is 1. The summed E-state index contributed by atoms with van der Waals surface area (Å²) in [6.45, 7) is 0. The predicted molar refractivity (Wildman–Crippen MR) is 133 cm³/mol. The molecule has 2 N–H and O–H groups in total. The smallest absolute Gasteiger partial charge is 0.250 e. The maximum absolute atomic E-state index is 12.4. The van der Waals surface area contributed by atoms with Crippen molar-refractivity contribution in [2.45, 2.75) is 5.16 Å². The van der Waals surface area contributed by atoms with Gasteiger partial charge in [0.15, 0.2) is 22.5 Å². The number of hydrogen-bond acceptors (Lipinski definition) is 7. The van der Waals surface area contributed by atoms with Crippen molar-refractivity contribution < 1.29 is 14.6 Å². The number of nitrogens with one attached hydrogen (secondary N) is 1. The molecule has 0 atom stereocenters. The van der Waals surface area contributed by atoms with Crippen molar-refractivity contribution in [2.24, 2.45) is 5.10 Å². The molecule has 0 saturated carbocycles. The van der Waals surface area contributed by atoms with E-state index in [4.69, 9.17) is 16.3 Å². The second-order valence-electron chi connectivity index (χ2n) is 7.00. The molecular weight excluding hydrogens is 474 g/mol. The number of methoxy groups -OCH3 is 1. The molecule has 0 aliphatic heterocycles. The minimum absolute atomic E-state index is 0.0276. The Labute approximate surface area is 205 Å². The summed E-state index contributed by atoms with van der Waals surface area (Å²) in [6.07, 6.45) is 1.47. The van der Waals surface area contributed by atoms with Crippen LogP contribution in [0.4, 0.5) is 0 Å². The van der Waals surface area contributed by atoms with E-state index in [0.29, 0.717) is 27.3 Å². The van der Waals surface area contributed by atoms with Crippen molar-refractivity contribution in [2.75, 3.05) is 12.9 Å². The van der Waals surface area contributed by atoms with Crippen LogP contribution >= 0.6 is 23.4 Å². The highest BCUT2D eigenvalue weighted by molar-refractivity contribution is 7.99. The first-order valence-corrected chi connectivity index (χ1v) is 11.5. The number of nitrogens with zero attached hydrogens (tertiary/aromatic N) is 4. The summed E-state index contributed by atoms with van der Waals surface area (Å²) < 4.78 is 6.95. The third-order valence-corrected chi connectivity index (χ3v) is 5.87. The lowest BCUT2D eigenvalue weighted by Gasteiger charge is -2.10. The standard InChI is InChI=1S/C24H20ClN5O3S/c1-33-21-13-16(7-12-20(21)31)14-26-27-22(32)15-34-24-29-28-23(17-5-3-2-4-6-17)30(24)19-10-8-18(25)9-11-19/h2-14,31H,15H2,1H3,(H,27,32)/b26-14+. The van der Waals surface area contributed by atoms with Crippen LogP contribution in [0.25, 0.3) is 17.1 Å². The summed E-state index contributed by atoms with van der Waals surface area (Å²) in [5, 5.41) is 23.5. The first-order chi connectivity index (χ1) is 16.5. The van der Waals surface area contributed by atoms with Crippen molar-refractivity contribution in [3.63, 3.8) is 0 Å². The molecule has 3 aromatic carbocycles. The van der Waals surface area contributed by atoms with E-state index in [1.54, 1.807) is 24.3 Å². The van der Waals surface area contributed by atoms with Gasteiger partial charge in [-0.05, 0) is 48.0 Å². The number of hydrogen-bond donors (Lipinski definition) is 2. The number of rotatable bonds is 8. The molecule has 0 radical (unpaired) electrons. The Morgan fingerprint density at radius 3 is 2.65 bits per heavy atom. The van der Waals surface area contributed by atoms with E-state index in [1.807, 2.05) is 47.0 Å². The number of benzene rings is 3. The van der Waals surface area contributed by atoms with Crippen molar-refractivity contribution in [1.82, 2.24) is 20.2 Å². The Balaban J connectivity index is 1.48. The zero-order valence-electron chi connectivity index (χ0n) is 18.1. The fraction of sp³-hybridized carbons (Fsp3) is 0.0833. The minimum Gasteiger partial charge on any atom is -0.504 e. The largest absolute Gasteiger partial charge is 0.504 e. The molecule has 4 rings (SSSR count). The average Bonchev–Trinajstić information content (AvgIpc) is 3.29. The minimum atomic E-state index is -0.307. The topological polar surface area (TPSA) is 102 Å². The Morgan fingerprint density at radius 2 is 1.91 bits per heavy atom. The summed E-state index contributed by atoms with van der Waals surface area (Å²) in [7, 11) is 1.46. The van der Waals surface area contributed by atoms with Crippen LogP contribution in [0.15, 0.2) is 83.1 Å². The molecule has 0 bridgehead atoms. The molecule has 0 aliphatic carbocycles. The quantitative estimate of drug-likeness (QED) is 0.212. The molecule has 10 heteroatoms. The van der Waals surface area contributed by atoms with Crippen LogP contribution in [0.3, 0.4) is 0 Å². The SMILES string of the molecule is COc1cc(/C=N/NC(=O)CSc2nnc(-c3ccccc3)n2-c2ccc(Cl)cc2)ccc1O. The maximum atomic E-state index is 12.4. The molecule has 1 aromatic heterocycles. The average molecular weight is 494 g/mol. The number of halogens is 1. The molecule has 1 heterocycles. The fourth-order valence-corrected chi connectivity index (χ4v) is 3.95. The Kier molecular flexibility index (Phi) is 7.46. The van der Waals surface area contributed by atoms with Gasteiger partial charge < -0.3 is 9.84 Å². The lowest BCUT2D eigenvalue weighted by atomic mass is 10.2. The van der Waals surface area contributed by atoms with Gasteiger partial charge in [-0.15, -0.1) is 10.2 Å². The normalized spacial score (nSPS) is 11.0. The predicted octanol–water partition coefficient (Wildman–Crippen LogP) is 4.54. The Bertz CT molecular complexity index is 1310. The molecule has 0 saturated heterocycles. The van der Waals surface area contributed by atoms with Gasteiger partial charge in [-0.3, -0.25) is 9.36 Å². The van der Waals surface area contributed by atoms with Crippen LogP contribution in [-0.2, 0) is 4.79 Å². The molecule has 0 aliphatic rings. The lowest BCUT2D eigenvalue weighted by Crippen LogP contribution is -2.20. The summed E-state index contributed by atoms with van der Waals surface area (Å²) in [5.41, 5.74) is 4.88. The van der Waals surface area contributed by atoms with Gasteiger partial charge in [0.25, 0.3) is 5.91 Å². The zero-order chi connectivity index (χ0) is 23.9. The molecule has 4 aromatic rings. The maximum Gasteiger partial charge on any atom is 0.250 e.